The molecule has 0 aromatic heterocycles. The van der Waals surface area contributed by atoms with E-state index >= 15 is 0 Å². The zero-order valence-corrected chi connectivity index (χ0v) is 17.9. The van der Waals surface area contributed by atoms with Gasteiger partial charge in [0.15, 0.2) is 0 Å². The maximum absolute atomic E-state index is 13.8. The van der Waals surface area contributed by atoms with Crippen LogP contribution < -0.4 is 4.90 Å². The van der Waals surface area contributed by atoms with Gasteiger partial charge in [0.2, 0.25) is 11.8 Å². The highest BCUT2D eigenvalue weighted by Gasteiger charge is 2.74. The van der Waals surface area contributed by atoms with Crippen molar-refractivity contribution in [2.75, 3.05) is 4.90 Å². The molecule has 1 fully saturated rings. The summed E-state index contributed by atoms with van der Waals surface area (Å²) in [5.74, 6) is -3.63. The Hall–Kier alpha value is -3.22. The largest absolute Gasteiger partial charge is 0.285 e. The quantitative estimate of drug-likeness (QED) is 0.310. The van der Waals surface area contributed by atoms with E-state index in [4.69, 9.17) is 23.2 Å². The van der Waals surface area contributed by atoms with E-state index < -0.39 is 40.0 Å². The van der Waals surface area contributed by atoms with Crippen LogP contribution in [0.5, 0.6) is 0 Å². The fourth-order valence-corrected chi connectivity index (χ4v) is 6.44. The molecule has 8 heteroatoms. The number of benzene rings is 3. The van der Waals surface area contributed by atoms with Crippen molar-refractivity contribution in [2.24, 2.45) is 11.8 Å². The lowest BCUT2D eigenvalue weighted by Crippen LogP contribution is -2.57. The Kier molecular flexibility index (Phi) is 3.89. The standard InChI is InChI=1S/C24H14Cl2N2O4/c25-12-9-10-18(17(26)11-12)27-22(29)20-19-13-5-1-3-7-15(13)24(28(31)32,21(20)23(27)30)16-8-4-2-6-14(16)19/h1-11,19-21H/t19?,20-,21+,24?/m0/s1. The molecule has 3 aromatic rings. The Balaban J connectivity index is 1.67. The van der Waals surface area contributed by atoms with E-state index in [9.17, 15) is 19.7 Å². The molecule has 2 amide bonds. The Labute approximate surface area is 192 Å². The van der Waals surface area contributed by atoms with Gasteiger partial charge in [0.25, 0.3) is 5.54 Å². The van der Waals surface area contributed by atoms with Crippen LogP contribution in [0.3, 0.4) is 0 Å². The van der Waals surface area contributed by atoms with Crippen LogP contribution in [0.1, 0.15) is 28.2 Å². The summed E-state index contributed by atoms with van der Waals surface area (Å²) < 4.78 is 0. The van der Waals surface area contributed by atoms with Crippen LogP contribution in [0.25, 0.3) is 0 Å². The highest BCUT2D eigenvalue weighted by atomic mass is 35.5. The zero-order chi connectivity index (χ0) is 22.4. The molecular weight excluding hydrogens is 451 g/mol. The highest BCUT2D eigenvalue weighted by molar-refractivity contribution is 6.38. The average Bonchev–Trinajstić information content (AvgIpc) is 3.05. The molecule has 0 spiro atoms. The molecule has 158 valence electrons. The van der Waals surface area contributed by atoms with Crippen LogP contribution in [0.2, 0.25) is 10.0 Å². The van der Waals surface area contributed by atoms with Crippen molar-refractivity contribution >= 4 is 40.7 Å². The van der Waals surface area contributed by atoms with Crippen molar-refractivity contribution in [3.63, 3.8) is 0 Å². The summed E-state index contributed by atoms with van der Waals surface area (Å²) in [5.41, 5.74) is 0.711. The second-order valence-corrected chi connectivity index (χ2v) is 9.13. The predicted molar refractivity (Wildman–Crippen MR) is 118 cm³/mol. The second kappa shape index (κ2) is 6.40. The van der Waals surface area contributed by atoms with Gasteiger partial charge in [-0.25, -0.2) is 4.90 Å². The Morgan fingerprint density at radius 3 is 2.03 bits per heavy atom. The summed E-state index contributed by atoms with van der Waals surface area (Å²) >= 11 is 12.3. The number of halogens is 2. The van der Waals surface area contributed by atoms with Gasteiger partial charge in [-0.3, -0.25) is 19.7 Å². The van der Waals surface area contributed by atoms with Crippen LogP contribution in [-0.4, -0.2) is 16.7 Å². The monoisotopic (exact) mass is 464 g/mol. The zero-order valence-electron chi connectivity index (χ0n) is 16.4. The summed E-state index contributed by atoms with van der Waals surface area (Å²) in [4.78, 5) is 41.1. The number of nitro groups is 1. The minimum absolute atomic E-state index is 0.135. The van der Waals surface area contributed by atoms with E-state index in [1.165, 1.54) is 18.2 Å². The molecule has 0 radical (unpaired) electrons. The van der Waals surface area contributed by atoms with Gasteiger partial charge in [-0.15, -0.1) is 0 Å². The Morgan fingerprint density at radius 2 is 1.47 bits per heavy atom. The SMILES string of the molecule is O=C1[C@H]2C3c4ccccc4C([N+](=O)[O-])(c4ccccc43)[C@H]2C(=O)N1c1ccc(Cl)cc1Cl. The molecular formula is C24H14Cl2N2O4. The minimum Gasteiger partial charge on any atom is -0.274 e. The first-order valence-corrected chi connectivity index (χ1v) is 10.8. The van der Waals surface area contributed by atoms with Crippen molar-refractivity contribution in [1.82, 2.24) is 0 Å². The number of nitrogens with zero attached hydrogens (tertiary/aromatic N) is 2. The molecule has 2 atom stereocenters. The summed E-state index contributed by atoms with van der Waals surface area (Å²) in [5, 5.41) is 13.4. The van der Waals surface area contributed by atoms with E-state index in [0.717, 1.165) is 4.90 Å². The van der Waals surface area contributed by atoms with Gasteiger partial charge in [-0.2, -0.15) is 0 Å². The van der Waals surface area contributed by atoms with E-state index in [1.54, 1.807) is 36.4 Å². The predicted octanol–water partition coefficient (Wildman–Crippen LogP) is 4.78. The van der Waals surface area contributed by atoms with Gasteiger partial charge in [-0.05, 0) is 29.3 Å². The molecule has 3 aliphatic carbocycles. The Bertz CT molecular complexity index is 1320. The van der Waals surface area contributed by atoms with Crippen molar-refractivity contribution < 1.29 is 14.5 Å². The third kappa shape index (κ3) is 2.11. The average molecular weight is 465 g/mol. The number of hydrogen-bond acceptors (Lipinski definition) is 4. The van der Waals surface area contributed by atoms with Gasteiger partial charge in [0, 0.05) is 27.0 Å². The third-order valence-electron chi connectivity index (χ3n) is 7.01. The number of carbonyl (C=O) groups excluding carboxylic acids is 2. The molecule has 0 N–H and O–H groups in total. The first-order chi connectivity index (χ1) is 15.4. The van der Waals surface area contributed by atoms with Crippen LogP contribution in [-0.2, 0) is 15.1 Å². The van der Waals surface area contributed by atoms with Crippen LogP contribution in [0.4, 0.5) is 5.69 Å². The molecule has 0 unspecified atom stereocenters. The molecule has 1 heterocycles. The first-order valence-electron chi connectivity index (χ1n) is 10.0. The van der Waals surface area contributed by atoms with Crippen molar-refractivity contribution in [3.05, 3.63) is 109 Å². The van der Waals surface area contributed by atoms with Crippen LogP contribution in [0.15, 0.2) is 66.7 Å². The smallest absolute Gasteiger partial charge is 0.274 e. The minimum atomic E-state index is -1.85. The van der Waals surface area contributed by atoms with Crippen molar-refractivity contribution in [2.45, 2.75) is 11.5 Å². The van der Waals surface area contributed by atoms with Gasteiger partial charge in [0.1, 0.15) is 5.92 Å². The lowest BCUT2D eigenvalue weighted by Gasteiger charge is -2.48. The van der Waals surface area contributed by atoms with E-state index in [1.807, 2.05) is 12.1 Å². The number of amides is 2. The number of rotatable bonds is 2. The van der Waals surface area contributed by atoms with Crippen LogP contribution in [0, 0.1) is 22.0 Å². The molecule has 2 bridgehead atoms. The lowest BCUT2D eigenvalue weighted by molar-refractivity contribution is -0.578. The van der Waals surface area contributed by atoms with E-state index in [-0.39, 0.29) is 10.7 Å². The van der Waals surface area contributed by atoms with Gasteiger partial charge < -0.3 is 0 Å². The first kappa shape index (κ1) is 19.5. The Morgan fingerprint density at radius 1 is 0.875 bits per heavy atom. The van der Waals surface area contributed by atoms with Gasteiger partial charge in [0.05, 0.1) is 16.6 Å². The van der Waals surface area contributed by atoms with Gasteiger partial charge >= 0.3 is 0 Å². The van der Waals surface area contributed by atoms with Crippen molar-refractivity contribution in [3.8, 4) is 0 Å². The number of hydrogen-bond donors (Lipinski definition) is 0. The molecule has 32 heavy (non-hydrogen) atoms. The molecule has 3 aromatic carbocycles. The summed E-state index contributed by atoms with van der Waals surface area (Å²) in [7, 11) is 0. The lowest BCUT2D eigenvalue weighted by atomic mass is 9.51. The molecule has 6 nitrogen and oxygen atoms in total. The summed E-state index contributed by atoms with van der Waals surface area (Å²) in [6.07, 6.45) is 0. The summed E-state index contributed by atoms with van der Waals surface area (Å²) in [6, 6.07) is 18.6. The fourth-order valence-electron chi connectivity index (χ4n) is 5.94. The van der Waals surface area contributed by atoms with E-state index in [2.05, 4.69) is 0 Å². The van der Waals surface area contributed by atoms with Crippen LogP contribution >= 0.6 is 23.2 Å². The second-order valence-electron chi connectivity index (χ2n) is 8.29. The topological polar surface area (TPSA) is 80.5 Å². The molecule has 1 saturated heterocycles. The van der Waals surface area contributed by atoms with Crippen molar-refractivity contribution in [1.29, 1.82) is 0 Å². The normalized spacial score (nSPS) is 27.2. The molecule has 4 aliphatic rings. The number of anilines is 1. The fraction of sp³-hybridized carbons (Fsp3) is 0.167. The molecule has 7 rings (SSSR count). The number of imide groups is 1. The molecule has 0 saturated carbocycles. The van der Waals surface area contributed by atoms with Gasteiger partial charge in [-0.1, -0.05) is 71.7 Å². The van der Waals surface area contributed by atoms with E-state index in [0.29, 0.717) is 27.3 Å². The third-order valence-corrected chi connectivity index (χ3v) is 7.55. The summed E-state index contributed by atoms with van der Waals surface area (Å²) in [6.45, 7) is 0. The highest BCUT2D eigenvalue weighted by Crippen LogP contribution is 2.64. The maximum atomic E-state index is 13.8. The molecule has 1 aliphatic heterocycles. The number of carbonyl (C=O) groups is 2. The maximum Gasteiger partial charge on any atom is 0.285 e.